The van der Waals surface area contributed by atoms with Crippen molar-refractivity contribution < 1.29 is 19.1 Å². The molecular weight excluding hydrogens is 382 g/mol. The van der Waals surface area contributed by atoms with E-state index in [9.17, 15) is 9.59 Å². The summed E-state index contributed by atoms with van der Waals surface area (Å²) < 4.78 is 10.7. The van der Waals surface area contributed by atoms with E-state index in [4.69, 9.17) is 9.47 Å². The van der Waals surface area contributed by atoms with Crippen LogP contribution < -0.4 is 20.7 Å². The molecule has 0 aliphatic rings. The van der Waals surface area contributed by atoms with Crippen LogP contribution in [-0.4, -0.2) is 44.7 Å². The van der Waals surface area contributed by atoms with E-state index >= 15 is 0 Å². The van der Waals surface area contributed by atoms with Crippen LogP contribution in [0.4, 0.5) is 11.4 Å². The Morgan fingerprint density at radius 2 is 1.83 bits per heavy atom. The van der Waals surface area contributed by atoms with Crippen molar-refractivity contribution in [1.82, 2.24) is 5.32 Å². The number of anilines is 2. The van der Waals surface area contributed by atoms with Gasteiger partial charge in [-0.05, 0) is 56.2 Å². The summed E-state index contributed by atoms with van der Waals surface area (Å²) in [5.74, 6) is 0.428. The van der Waals surface area contributed by atoms with Crippen molar-refractivity contribution in [3.05, 3.63) is 54.1 Å². The molecule has 0 aliphatic carbocycles. The number of ether oxygens (including phenoxy) is 2. The summed E-state index contributed by atoms with van der Waals surface area (Å²) in [4.78, 5) is 24.3. The van der Waals surface area contributed by atoms with E-state index in [2.05, 4.69) is 22.9 Å². The van der Waals surface area contributed by atoms with Gasteiger partial charge in [0, 0.05) is 43.3 Å². The van der Waals surface area contributed by atoms with Crippen LogP contribution in [0.3, 0.4) is 0 Å². The van der Waals surface area contributed by atoms with Gasteiger partial charge in [0.2, 0.25) is 5.91 Å². The van der Waals surface area contributed by atoms with E-state index in [-0.39, 0.29) is 24.5 Å². The van der Waals surface area contributed by atoms with Crippen LogP contribution in [0.5, 0.6) is 5.75 Å². The lowest BCUT2D eigenvalue weighted by Gasteiger charge is -2.14. The zero-order valence-corrected chi connectivity index (χ0v) is 17.9. The lowest BCUT2D eigenvalue weighted by atomic mass is 10.2. The summed E-state index contributed by atoms with van der Waals surface area (Å²) in [6, 6.07) is 14.3. The van der Waals surface area contributed by atoms with E-state index in [1.165, 1.54) is 0 Å². The molecule has 1 atom stereocenters. The molecule has 7 nitrogen and oxygen atoms in total. The lowest BCUT2D eigenvalue weighted by Crippen LogP contribution is -2.25. The van der Waals surface area contributed by atoms with Gasteiger partial charge in [-0.15, -0.1) is 0 Å². The number of rotatable bonds is 12. The Labute approximate surface area is 178 Å². The summed E-state index contributed by atoms with van der Waals surface area (Å²) in [5.41, 5.74) is 2.01. The quantitative estimate of drug-likeness (QED) is 0.462. The SMILES string of the molecule is CCC(C)Oc1cccc(NC(=O)CNc2ccc(C(=O)NCCCOC)cc2)c1. The molecule has 0 saturated heterocycles. The first-order valence-electron chi connectivity index (χ1n) is 10.2. The number of carbonyl (C=O) groups excluding carboxylic acids is 2. The Morgan fingerprint density at radius 1 is 1.07 bits per heavy atom. The van der Waals surface area contributed by atoms with Crippen molar-refractivity contribution in [2.45, 2.75) is 32.8 Å². The molecule has 0 saturated carbocycles. The highest BCUT2D eigenvalue weighted by molar-refractivity contribution is 5.95. The fourth-order valence-electron chi connectivity index (χ4n) is 2.61. The number of hydrogen-bond donors (Lipinski definition) is 3. The second kappa shape index (κ2) is 12.5. The van der Waals surface area contributed by atoms with Crippen molar-refractivity contribution in [2.24, 2.45) is 0 Å². The van der Waals surface area contributed by atoms with E-state index in [1.807, 2.05) is 31.2 Å². The molecule has 7 heteroatoms. The van der Waals surface area contributed by atoms with Crippen molar-refractivity contribution in [2.75, 3.05) is 37.4 Å². The topological polar surface area (TPSA) is 88.7 Å². The maximum Gasteiger partial charge on any atom is 0.251 e. The van der Waals surface area contributed by atoms with E-state index < -0.39 is 0 Å². The van der Waals surface area contributed by atoms with E-state index in [0.717, 1.165) is 24.3 Å². The minimum atomic E-state index is -0.171. The highest BCUT2D eigenvalue weighted by atomic mass is 16.5. The zero-order chi connectivity index (χ0) is 21.8. The fraction of sp³-hybridized carbons (Fsp3) is 0.391. The molecule has 162 valence electrons. The first-order valence-corrected chi connectivity index (χ1v) is 10.2. The van der Waals surface area contributed by atoms with Crippen LogP contribution in [0.1, 0.15) is 37.0 Å². The third-order valence-electron chi connectivity index (χ3n) is 4.44. The van der Waals surface area contributed by atoms with Crippen molar-refractivity contribution >= 4 is 23.2 Å². The maximum atomic E-state index is 12.2. The van der Waals surface area contributed by atoms with Gasteiger partial charge < -0.3 is 25.4 Å². The minimum Gasteiger partial charge on any atom is -0.491 e. The summed E-state index contributed by atoms with van der Waals surface area (Å²) in [5, 5.41) is 8.74. The molecule has 2 aromatic rings. The maximum absolute atomic E-state index is 12.2. The van der Waals surface area contributed by atoms with Gasteiger partial charge in [-0.3, -0.25) is 9.59 Å². The van der Waals surface area contributed by atoms with Gasteiger partial charge >= 0.3 is 0 Å². The summed E-state index contributed by atoms with van der Waals surface area (Å²) in [6.07, 6.45) is 1.80. The second-order valence-corrected chi connectivity index (χ2v) is 6.95. The largest absolute Gasteiger partial charge is 0.491 e. The van der Waals surface area contributed by atoms with Crippen molar-refractivity contribution in [3.8, 4) is 5.75 Å². The summed E-state index contributed by atoms with van der Waals surface area (Å²) >= 11 is 0. The van der Waals surface area contributed by atoms with Crippen LogP contribution in [-0.2, 0) is 9.53 Å². The van der Waals surface area contributed by atoms with Gasteiger partial charge in [0.15, 0.2) is 0 Å². The molecule has 0 spiro atoms. The monoisotopic (exact) mass is 413 g/mol. The number of amides is 2. The van der Waals surface area contributed by atoms with Gasteiger partial charge in [0.05, 0.1) is 12.6 Å². The molecular formula is C23H31N3O4. The molecule has 2 aromatic carbocycles. The summed E-state index contributed by atoms with van der Waals surface area (Å²) in [6.45, 7) is 5.35. The number of methoxy groups -OCH3 is 1. The molecule has 3 N–H and O–H groups in total. The molecule has 0 aromatic heterocycles. The number of carbonyl (C=O) groups is 2. The normalized spacial score (nSPS) is 11.4. The fourth-order valence-corrected chi connectivity index (χ4v) is 2.61. The second-order valence-electron chi connectivity index (χ2n) is 6.95. The molecule has 0 fully saturated rings. The van der Waals surface area contributed by atoms with Gasteiger partial charge in [0.25, 0.3) is 5.91 Å². The Balaban J connectivity index is 1.79. The predicted octanol–water partition coefficient (Wildman–Crippen LogP) is 3.68. The smallest absolute Gasteiger partial charge is 0.251 e. The molecule has 0 heterocycles. The Bertz CT molecular complexity index is 808. The highest BCUT2D eigenvalue weighted by Crippen LogP contribution is 2.19. The zero-order valence-electron chi connectivity index (χ0n) is 17.9. The van der Waals surface area contributed by atoms with Crippen LogP contribution in [0, 0.1) is 0 Å². The molecule has 1 unspecified atom stereocenters. The molecule has 2 rings (SSSR count). The molecule has 0 aliphatic heterocycles. The summed E-state index contributed by atoms with van der Waals surface area (Å²) in [7, 11) is 1.63. The average Bonchev–Trinajstić information content (AvgIpc) is 2.75. The van der Waals surface area contributed by atoms with Crippen LogP contribution >= 0.6 is 0 Å². The van der Waals surface area contributed by atoms with Gasteiger partial charge in [-0.25, -0.2) is 0 Å². The molecule has 30 heavy (non-hydrogen) atoms. The van der Waals surface area contributed by atoms with Crippen LogP contribution in [0.2, 0.25) is 0 Å². The van der Waals surface area contributed by atoms with Crippen LogP contribution in [0.25, 0.3) is 0 Å². The van der Waals surface area contributed by atoms with Crippen molar-refractivity contribution in [1.29, 1.82) is 0 Å². The Kier molecular flexibility index (Phi) is 9.67. The molecule has 0 bridgehead atoms. The number of nitrogens with one attached hydrogen (secondary N) is 3. The number of benzene rings is 2. The highest BCUT2D eigenvalue weighted by Gasteiger charge is 2.07. The third kappa shape index (κ3) is 8.13. The van der Waals surface area contributed by atoms with E-state index in [0.29, 0.717) is 24.4 Å². The minimum absolute atomic E-state index is 0.110. The van der Waals surface area contributed by atoms with Crippen molar-refractivity contribution in [3.63, 3.8) is 0 Å². The Hall–Kier alpha value is -3.06. The standard InChI is InChI=1S/C23H31N3O4/c1-4-17(2)30-21-8-5-7-20(15-21)26-22(27)16-25-19-11-9-18(10-12-19)23(28)24-13-6-14-29-3/h5,7-12,15,17,25H,4,6,13-14,16H2,1-3H3,(H,24,28)(H,26,27). The predicted molar refractivity (Wildman–Crippen MR) is 119 cm³/mol. The number of hydrogen-bond acceptors (Lipinski definition) is 5. The van der Waals surface area contributed by atoms with Crippen LogP contribution in [0.15, 0.2) is 48.5 Å². The van der Waals surface area contributed by atoms with Gasteiger partial charge in [-0.1, -0.05) is 13.0 Å². The average molecular weight is 414 g/mol. The first kappa shape index (κ1) is 23.2. The third-order valence-corrected chi connectivity index (χ3v) is 4.44. The molecule has 0 radical (unpaired) electrons. The molecule has 2 amide bonds. The first-order chi connectivity index (χ1) is 14.5. The van der Waals surface area contributed by atoms with E-state index in [1.54, 1.807) is 31.4 Å². The van der Waals surface area contributed by atoms with Gasteiger partial charge in [0.1, 0.15) is 5.75 Å². The van der Waals surface area contributed by atoms with Gasteiger partial charge in [-0.2, -0.15) is 0 Å². The Morgan fingerprint density at radius 3 is 2.53 bits per heavy atom. The lowest BCUT2D eigenvalue weighted by molar-refractivity contribution is -0.114.